The highest BCUT2D eigenvalue weighted by Gasteiger charge is 2.39. The Balaban J connectivity index is 1.96. The Morgan fingerprint density at radius 1 is 1.35 bits per heavy atom. The van der Waals surface area contributed by atoms with Crippen LogP contribution in [0.5, 0.6) is 0 Å². The van der Waals surface area contributed by atoms with Gasteiger partial charge < -0.3 is 10.0 Å². The fraction of sp³-hybridized carbons (Fsp3) is 0.556. The molecule has 4 rings (SSSR count). The van der Waals surface area contributed by atoms with E-state index in [1.165, 1.54) is 19.3 Å². The van der Waals surface area contributed by atoms with Gasteiger partial charge in [-0.2, -0.15) is 0 Å². The Labute approximate surface area is 135 Å². The first-order chi connectivity index (χ1) is 11.0. The Hall–Kier alpha value is -1.88. The molecule has 2 bridgehead atoms. The van der Waals surface area contributed by atoms with Crippen molar-refractivity contribution in [3.8, 4) is 0 Å². The molecule has 5 heteroatoms. The summed E-state index contributed by atoms with van der Waals surface area (Å²) in [5, 5.41) is 10.7. The van der Waals surface area contributed by atoms with Crippen molar-refractivity contribution < 1.29 is 5.11 Å². The quantitative estimate of drug-likeness (QED) is 0.924. The highest BCUT2D eigenvalue weighted by Crippen LogP contribution is 2.39. The number of hydrogen-bond donors (Lipinski definition) is 1. The third-order valence-corrected chi connectivity index (χ3v) is 5.45. The molecule has 0 amide bonds. The lowest BCUT2D eigenvalue weighted by molar-refractivity contribution is 0.200. The highest BCUT2D eigenvalue weighted by molar-refractivity contribution is 5.83. The minimum Gasteiger partial charge on any atom is -0.389 e. The van der Waals surface area contributed by atoms with Gasteiger partial charge in [0, 0.05) is 25.2 Å². The molecule has 5 nitrogen and oxygen atoms in total. The van der Waals surface area contributed by atoms with E-state index in [0.717, 1.165) is 29.5 Å². The molecule has 1 N–H and O–H groups in total. The Bertz CT molecular complexity index is 840. The van der Waals surface area contributed by atoms with Crippen LogP contribution in [0.15, 0.2) is 16.9 Å². The second kappa shape index (κ2) is 5.06. The highest BCUT2D eigenvalue weighted by atomic mass is 16.3. The normalized spacial score (nSPS) is 24.6. The van der Waals surface area contributed by atoms with E-state index in [1.54, 1.807) is 18.5 Å². The number of benzene rings is 1. The molecule has 3 unspecified atom stereocenters. The monoisotopic (exact) mass is 313 g/mol. The van der Waals surface area contributed by atoms with E-state index < -0.39 is 6.10 Å². The van der Waals surface area contributed by atoms with Crippen molar-refractivity contribution in [1.29, 1.82) is 0 Å². The largest absolute Gasteiger partial charge is 0.389 e. The lowest BCUT2D eigenvalue weighted by Crippen LogP contribution is -2.37. The van der Waals surface area contributed by atoms with Crippen LogP contribution in [0.1, 0.15) is 43.4 Å². The fourth-order valence-corrected chi connectivity index (χ4v) is 4.29. The molecule has 0 spiro atoms. The summed E-state index contributed by atoms with van der Waals surface area (Å²) in [6, 6.07) is 4.31. The number of anilines is 1. The number of hydrogen-bond acceptors (Lipinski definition) is 4. The average molecular weight is 313 g/mol. The molecule has 2 fully saturated rings. The first-order valence-corrected chi connectivity index (χ1v) is 8.41. The zero-order valence-electron chi connectivity index (χ0n) is 13.9. The van der Waals surface area contributed by atoms with Gasteiger partial charge in [0.1, 0.15) is 0 Å². The van der Waals surface area contributed by atoms with Crippen molar-refractivity contribution in [1.82, 2.24) is 9.55 Å². The van der Waals surface area contributed by atoms with Gasteiger partial charge in [-0.05, 0) is 50.7 Å². The van der Waals surface area contributed by atoms with Crippen molar-refractivity contribution in [2.24, 2.45) is 13.0 Å². The summed E-state index contributed by atoms with van der Waals surface area (Å²) in [6.45, 7) is 4.66. The maximum atomic E-state index is 12.9. The molecule has 1 saturated heterocycles. The van der Waals surface area contributed by atoms with Crippen LogP contribution in [0.2, 0.25) is 0 Å². The van der Waals surface area contributed by atoms with Gasteiger partial charge in [-0.25, -0.2) is 4.98 Å². The van der Waals surface area contributed by atoms with Crippen LogP contribution in [-0.4, -0.2) is 27.2 Å². The van der Waals surface area contributed by atoms with Gasteiger partial charge in [-0.1, -0.05) is 6.07 Å². The molecule has 122 valence electrons. The van der Waals surface area contributed by atoms with Crippen LogP contribution < -0.4 is 10.5 Å². The molecule has 1 aromatic heterocycles. The Morgan fingerprint density at radius 3 is 2.74 bits per heavy atom. The third kappa shape index (κ3) is 2.17. The lowest BCUT2D eigenvalue weighted by Gasteiger charge is -2.29. The second-order valence-electron chi connectivity index (χ2n) is 7.19. The van der Waals surface area contributed by atoms with Gasteiger partial charge in [0.05, 0.1) is 17.0 Å². The van der Waals surface area contributed by atoms with Crippen LogP contribution in [0.25, 0.3) is 10.9 Å². The number of aliphatic hydroxyl groups is 1. The van der Waals surface area contributed by atoms with E-state index in [2.05, 4.69) is 4.90 Å². The maximum absolute atomic E-state index is 12.9. The van der Waals surface area contributed by atoms with E-state index in [-0.39, 0.29) is 5.56 Å². The van der Waals surface area contributed by atoms with Crippen molar-refractivity contribution in [2.75, 3.05) is 11.4 Å². The van der Waals surface area contributed by atoms with Gasteiger partial charge >= 0.3 is 0 Å². The van der Waals surface area contributed by atoms with Crippen LogP contribution in [-0.2, 0) is 7.05 Å². The van der Waals surface area contributed by atoms with E-state index in [0.29, 0.717) is 16.9 Å². The maximum Gasteiger partial charge on any atom is 0.262 e. The van der Waals surface area contributed by atoms with E-state index in [4.69, 9.17) is 4.98 Å². The number of rotatable bonds is 2. The molecule has 1 aliphatic heterocycles. The number of nitrogens with zero attached hydrogens (tertiary/aromatic N) is 3. The molecule has 1 saturated carbocycles. The third-order valence-electron chi connectivity index (χ3n) is 5.45. The Kier molecular flexibility index (Phi) is 3.23. The number of aromatic nitrogens is 2. The van der Waals surface area contributed by atoms with E-state index >= 15 is 0 Å². The van der Waals surface area contributed by atoms with Crippen LogP contribution >= 0.6 is 0 Å². The lowest BCUT2D eigenvalue weighted by atomic mass is 10.0. The molecule has 1 aliphatic carbocycles. The van der Waals surface area contributed by atoms with Gasteiger partial charge in [0.2, 0.25) is 5.95 Å². The summed E-state index contributed by atoms with van der Waals surface area (Å²) in [5.74, 6) is 1.49. The van der Waals surface area contributed by atoms with Crippen molar-refractivity contribution in [3.05, 3.63) is 33.6 Å². The predicted octanol–water partition coefficient (Wildman–Crippen LogP) is 2.28. The van der Waals surface area contributed by atoms with Crippen molar-refractivity contribution in [3.63, 3.8) is 0 Å². The predicted molar refractivity (Wildman–Crippen MR) is 90.8 cm³/mol. The van der Waals surface area contributed by atoms with Crippen LogP contribution in [0.4, 0.5) is 5.95 Å². The molecule has 0 radical (unpaired) electrons. The van der Waals surface area contributed by atoms with E-state index in [9.17, 15) is 9.90 Å². The van der Waals surface area contributed by atoms with Crippen LogP contribution in [0, 0.1) is 12.8 Å². The van der Waals surface area contributed by atoms with Gasteiger partial charge in [0.25, 0.3) is 5.56 Å². The van der Waals surface area contributed by atoms with Gasteiger partial charge in [-0.15, -0.1) is 0 Å². The molecule has 3 atom stereocenters. The molecule has 2 aromatic rings. The van der Waals surface area contributed by atoms with Gasteiger partial charge in [0.15, 0.2) is 0 Å². The summed E-state index contributed by atoms with van der Waals surface area (Å²) >= 11 is 0. The number of aliphatic hydroxyl groups excluding tert-OH is 1. The van der Waals surface area contributed by atoms with Crippen LogP contribution in [0.3, 0.4) is 0 Å². The van der Waals surface area contributed by atoms with E-state index in [1.807, 2.05) is 19.1 Å². The zero-order chi connectivity index (χ0) is 16.3. The fourth-order valence-electron chi connectivity index (χ4n) is 4.29. The molecule has 2 heterocycles. The molecular weight excluding hydrogens is 290 g/mol. The SMILES string of the molecule is Cc1cc(C(C)O)c2nc(N3CC4CCC3C4)n(C)c(=O)c2c1. The standard InChI is InChI=1S/C18H23N3O2/c1-10-6-14(11(2)22)16-15(7-10)17(23)20(3)18(19-16)21-9-12-4-5-13(21)8-12/h6-7,11-13,22H,4-5,8-9H2,1-3H3. The van der Waals surface area contributed by atoms with Crippen molar-refractivity contribution >= 4 is 16.9 Å². The number of aryl methyl sites for hydroxylation is 1. The number of piperidine rings is 1. The summed E-state index contributed by atoms with van der Waals surface area (Å²) < 4.78 is 1.67. The average Bonchev–Trinajstić information content (AvgIpc) is 3.13. The first kappa shape index (κ1) is 14.7. The molecule has 23 heavy (non-hydrogen) atoms. The number of fused-ring (bicyclic) bond motifs is 3. The topological polar surface area (TPSA) is 58.4 Å². The smallest absolute Gasteiger partial charge is 0.262 e. The molecule has 1 aromatic carbocycles. The Morgan fingerprint density at radius 2 is 2.13 bits per heavy atom. The molecule has 2 aliphatic rings. The summed E-state index contributed by atoms with van der Waals surface area (Å²) in [7, 11) is 1.81. The minimum absolute atomic E-state index is 0.0293. The second-order valence-corrected chi connectivity index (χ2v) is 7.19. The summed E-state index contributed by atoms with van der Waals surface area (Å²) in [4.78, 5) is 20.0. The summed E-state index contributed by atoms with van der Waals surface area (Å²) in [5.41, 5.74) is 2.33. The first-order valence-electron chi connectivity index (χ1n) is 8.41. The zero-order valence-corrected chi connectivity index (χ0v) is 13.9. The summed E-state index contributed by atoms with van der Waals surface area (Å²) in [6.07, 6.45) is 3.06. The molecular formula is C18H23N3O2. The van der Waals surface area contributed by atoms with Crippen molar-refractivity contribution in [2.45, 2.75) is 45.3 Å². The van der Waals surface area contributed by atoms with Gasteiger partial charge in [-0.3, -0.25) is 9.36 Å². The minimum atomic E-state index is -0.639.